The molecule has 1 saturated carbocycles. The summed E-state index contributed by atoms with van der Waals surface area (Å²) in [5.41, 5.74) is 6.71. The first-order valence-electron chi connectivity index (χ1n) is 13.1. The second kappa shape index (κ2) is 10.8. The van der Waals surface area contributed by atoms with Gasteiger partial charge in [0.15, 0.2) is 5.03 Å². The van der Waals surface area contributed by atoms with Crippen LogP contribution in [0.5, 0.6) is 5.75 Å². The van der Waals surface area contributed by atoms with Crippen molar-refractivity contribution >= 4 is 27.6 Å². The molecule has 3 N–H and O–H groups in total. The van der Waals surface area contributed by atoms with E-state index in [1.807, 2.05) is 13.8 Å². The van der Waals surface area contributed by atoms with Gasteiger partial charge >= 0.3 is 0 Å². The molecule has 2 unspecified atom stereocenters. The molecule has 3 heterocycles. The third-order valence-electron chi connectivity index (χ3n) is 7.15. The Morgan fingerprint density at radius 1 is 1.15 bits per heavy atom. The molecule has 0 bridgehead atoms. The Morgan fingerprint density at radius 3 is 2.74 bits per heavy atom. The van der Waals surface area contributed by atoms with Crippen LogP contribution in [0.4, 0.5) is 16.0 Å². The minimum absolute atomic E-state index is 0.0215. The summed E-state index contributed by atoms with van der Waals surface area (Å²) in [7, 11) is -4.28. The van der Waals surface area contributed by atoms with E-state index in [-0.39, 0.29) is 28.4 Å². The second-order valence-electron chi connectivity index (χ2n) is 10.5. The molecule has 2 aliphatic rings. The first-order chi connectivity index (χ1) is 18.6. The molecule has 9 nitrogen and oxygen atoms in total. The van der Waals surface area contributed by atoms with Gasteiger partial charge in [-0.15, -0.1) is 0 Å². The van der Waals surface area contributed by atoms with E-state index in [0.717, 1.165) is 25.7 Å². The zero-order valence-electron chi connectivity index (χ0n) is 21.9. The fourth-order valence-corrected chi connectivity index (χ4v) is 6.31. The normalized spacial score (nSPS) is 18.8. The Hall–Kier alpha value is -3.73. The first-order valence-corrected chi connectivity index (χ1v) is 14.6. The van der Waals surface area contributed by atoms with E-state index in [2.05, 4.69) is 14.6 Å². The molecule has 1 aliphatic heterocycles. The molecule has 2 fully saturated rings. The lowest BCUT2D eigenvalue weighted by molar-refractivity contribution is 0.0981. The number of amides is 1. The summed E-state index contributed by atoms with van der Waals surface area (Å²) in [6.45, 7) is 5.15. The highest BCUT2D eigenvalue weighted by molar-refractivity contribution is 7.90. The molecular formula is C28H32FN5O4S. The molecule has 3 aromatic rings. The number of carbonyl (C=O) groups excluding carboxylic acids is 1. The van der Waals surface area contributed by atoms with Gasteiger partial charge < -0.3 is 15.4 Å². The molecule has 11 heteroatoms. The van der Waals surface area contributed by atoms with Crippen LogP contribution in [0.25, 0.3) is 11.3 Å². The summed E-state index contributed by atoms with van der Waals surface area (Å²) < 4.78 is 48.2. The average molecular weight is 554 g/mol. The van der Waals surface area contributed by atoms with Gasteiger partial charge in [0.1, 0.15) is 23.2 Å². The number of nitrogen functional groups attached to an aromatic ring is 1. The van der Waals surface area contributed by atoms with E-state index >= 15 is 0 Å². The number of carbonyl (C=O) groups is 1. The predicted molar refractivity (Wildman–Crippen MR) is 146 cm³/mol. The molecule has 1 amide bonds. The lowest BCUT2D eigenvalue weighted by atomic mass is 10.0. The number of sulfonamides is 1. The molecule has 1 saturated heterocycles. The quantitative estimate of drug-likeness (QED) is 0.420. The average Bonchev–Trinajstić information content (AvgIpc) is 3.51. The summed E-state index contributed by atoms with van der Waals surface area (Å²) in [6, 6.07) is 11.9. The van der Waals surface area contributed by atoms with Crippen molar-refractivity contribution in [1.29, 1.82) is 0 Å². The van der Waals surface area contributed by atoms with Crippen molar-refractivity contribution in [2.45, 2.75) is 50.6 Å². The number of fused-ring (bicyclic) bond motifs is 1. The Morgan fingerprint density at radius 2 is 1.97 bits per heavy atom. The van der Waals surface area contributed by atoms with Gasteiger partial charge in [-0.25, -0.2) is 19.1 Å². The van der Waals surface area contributed by atoms with Crippen LogP contribution in [0, 0.1) is 17.7 Å². The molecule has 1 aliphatic carbocycles. The minimum Gasteiger partial charge on any atom is -0.493 e. The van der Waals surface area contributed by atoms with Crippen molar-refractivity contribution < 1.29 is 22.3 Å². The summed E-state index contributed by atoms with van der Waals surface area (Å²) in [6.07, 6.45) is 4.13. The van der Waals surface area contributed by atoms with Crippen LogP contribution < -0.4 is 20.1 Å². The van der Waals surface area contributed by atoms with Crippen molar-refractivity contribution in [3.05, 3.63) is 59.9 Å². The molecule has 1 aromatic carbocycles. The van der Waals surface area contributed by atoms with E-state index in [1.54, 1.807) is 12.1 Å². The number of ether oxygens (including phenoxy) is 1. The minimum atomic E-state index is -4.28. The Balaban J connectivity index is 1.52. The highest BCUT2D eigenvalue weighted by Crippen LogP contribution is 2.41. The highest BCUT2D eigenvalue weighted by Gasteiger charge is 2.40. The monoisotopic (exact) mass is 553 g/mol. The molecule has 0 spiro atoms. The van der Waals surface area contributed by atoms with Gasteiger partial charge in [-0.1, -0.05) is 26.3 Å². The number of nitrogens with two attached hydrogens (primary N) is 1. The number of rotatable bonds is 8. The van der Waals surface area contributed by atoms with Gasteiger partial charge in [0.25, 0.3) is 15.9 Å². The van der Waals surface area contributed by atoms with Gasteiger partial charge in [0.05, 0.1) is 17.9 Å². The molecular weight excluding hydrogens is 521 g/mol. The lowest BCUT2D eigenvalue weighted by Gasteiger charge is -2.27. The maximum Gasteiger partial charge on any atom is 0.281 e. The van der Waals surface area contributed by atoms with Crippen LogP contribution in [0.3, 0.4) is 0 Å². The van der Waals surface area contributed by atoms with Gasteiger partial charge in [-0.3, -0.25) is 4.79 Å². The van der Waals surface area contributed by atoms with E-state index in [1.165, 1.54) is 36.4 Å². The molecule has 206 valence electrons. The fourth-order valence-electron chi connectivity index (χ4n) is 5.37. The van der Waals surface area contributed by atoms with Crippen molar-refractivity contribution in [1.82, 2.24) is 14.7 Å². The van der Waals surface area contributed by atoms with E-state index < -0.39 is 21.7 Å². The van der Waals surface area contributed by atoms with Gasteiger partial charge in [-0.05, 0) is 67.5 Å². The third-order valence-corrected chi connectivity index (χ3v) is 8.38. The largest absolute Gasteiger partial charge is 0.493 e. The van der Waals surface area contributed by atoms with Crippen LogP contribution in [0.2, 0.25) is 0 Å². The SMILES string of the molecule is CC(C)COc1cc(F)cc(-c2ccc(C(=O)NS(=O)(=O)c3cccc(N)n3)c(N3CCC4CCCC43)n2)c1. The number of benzene rings is 1. The van der Waals surface area contributed by atoms with Crippen LogP contribution in [0.1, 0.15) is 49.9 Å². The summed E-state index contributed by atoms with van der Waals surface area (Å²) in [4.78, 5) is 24.1. The molecule has 39 heavy (non-hydrogen) atoms. The number of aromatic nitrogens is 2. The van der Waals surface area contributed by atoms with Gasteiger partial charge in [0.2, 0.25) is 0 Å². The van der Waals surface area contributed by atoms with E-state index in [4.69, 9.17) is 15.5 Å². The lowest BCUT2D eigenvalue weighted by Crippen LogP contribution is -2.36. The predicted octanol–water partition coefficient (Wildman–Crippen LogP) is 4.40. The number of anilines is 2. The van der Waals surface area contributed by atoms with Gasteiger partial charge in [0, 0.05) is 24.2 Å². The highest BCUT2D eigenvalue weighted by atomic mass is 32.2. The zero-order valence-corrected chi connectivity index (χ0v) is 22.7. The Kier molecular flexibility index (Phi) is 7.44. The van der Waals surface area contributed by atoms with Crippen LogP contribution in [-0.4, -0.2) is 43.5 Å². The second-order valence-corrected chi connectivity index (χ2v) is 12.2. The zero-order chi connectivity index (χ0) is 27.7. The Bertz CT molecular complexity index is 1500. The van der Waals surface area contributed by atoms with Gasteiger partial charge in [-0.2, -0.15) is 8.42 Å². The van der Waals surface area contributed by atoms with Crippen LogP contribution in [0.15, 0.2) is 53.6 Å². The number of nitrogens with zero attached hydrogens (tertiary/aromatic N) is 3. The number of pyridine rings is 2. The smallest absolute Gasteiger partial charge is 0.281 e. The van der Waals surface area contributed by atoms with Crippen LogP contribution >= 0.6 is 0 Å². The molecule has 5 rings (SSSR count). The molecule has 2 atom stereocenters. The van der Waals surface area contributed by atoms with Crippen molar-refractivity contribution in [3.8, 4) is 17.0 Å². The topological polar surface area (TPSA) is 128 Å². The maximum absolute atomic E-state index is 14.5. The standard InChI is InChI=1S/C28H32FN5O4S/c1-17(2)16-38-21-14-19(13-20(29)15-21)23-10-9-22(27(31-23)34-12-11-18-5-3-6-24(18)34)28(35)33-39(36,37)26-8-4-7-25(30)32-26/h4,7-10,13-15,17-18,24H,3,5-6,11-12,16H2,1-2H3,(H2,30,32)(H,33,35). The van der Waals surface area contributed by atoms with E-state index in [9.17, 15) is 17.6 Å². The Labute approximate surface area is 227 Å². The fraction of sp³-hybridized carbons (Fsp3) is 0.393. The first kappa shape index (κ1) is 26.9. The third kappa shape index (κ3) is 5.83. The van der Waals surface area contributed by atoms with Crippen molar-refractivity contribution in [3.63, 3.8) is 0 Å². The summed E-state index contributed by atoms with van der Waals surface area (Å²) in [5, 5.41) is -0.354. The molecule has 0 radical (unpaired) electrons. The number of hydrogen-bond donors (Lipinski definition) is 2. The number of hydrogen-bond acceptors (Lipinski definition) is 8. The van der Waals surface area contributed by atoms with Crippen molar-refractivity contribution in [2.75, 3.05) is 23.8 Å². The number of halogens is 1. The number of nitrogens with one attached hydrogen (secondary N) is 1. The summed E-state index contributed by atoms with van der Waals surface area (Å²) in [5.74, 6) is 0.271. The van der Waals surface area contributed by atoms with Crippen LogP contribution in [-0.2, 0) is 10.0 Å². The molecule has 2 aromatic heterocycles. The maximum atomic E-state index is 14.5. The van der Waals surface area contributed by atoms with E-state index in [0.29, 0.717) is 41.9 Å². The van der Waals surface area contributed by atoms with Crippen molar-refractivity contribution in [2.24, 2.45) is 11.8 Å². The summed E-state index contributed by atoms with van der Waals surface area (Å²) >= 11 is 0.